The summed E-state index contributed by atoms with van der Waals surface area (Å²) in [6, 6.07) is 0. The van der Waals surface area contributed by atoms with Crippen LogP contribution in [0.15, 0.2) is 5.16 Å². The number of hydrogen-bond acceptors (Lipinski definition) is 5. The highest BCUT2D eigenvalue weighted by Gasteiger charge is 2.26. The van der Waals surface area contributed by atoms with Crippen LogP contribution >= 0.6 is 11.8 Å². The van der Waals surface area contributed by atoms with Gasteiger partial charge in [0, 0.05) is 13.1 Å². The molecular formula is C11H19N5OS. The molecule has 1 aromatic heterocycles. The molecular weight excluding hydrogens is 250 g/mol. The fraction of sp³-hybridized carbons (Fsp3) is 0.727. The van der Waals surface area contributed by atoms with E-state index in [-0.39, 0.29) is 11.9 Å². The number of nitrogens with one attached hydrogen (secondary N) is 1. The van der Waals surface area contributed by atoms with Crippen molar-refractivity contribution in [1.29, 1.82) is 0 Å². The number of hydrogen-bond donors (Lipinski definition) is 2. The average molecular weight is 269 g/mol. The minimum Gasteiger partial charge on any atom is -0.368 e. The van der Waals surface area contributed by atoms with Crippen molar-refractivity contribution >= 4 is 23.6 Å². The summed E-state index contributed by atoms with van der Waals surface area (Å²) in [4.78, 5) is 18.0. The standard InChI is InChI=1S/C11H19N5OS/c1-2-5-16(6-8-3-4-8)9(17)7-18-11-13-10(12)14-15-11/h8H,2-7H2,1H3,(H3,12,13,14,15). The zero-order chi connectivity index (χ0) is 13.0. The second-order valence-electron chi connectivity index (χ2n) is 4.58. The average Bonchev–Trinajstić information content (AvgIpc) is 3.07. The molecule has 0 radical (unpaired) electrons. The van der Waals surface area contributed by atoms with E-state index in [2.05, 4.69) is 22.1 Å². The summed E-state index contributed by atoms with van der Waals surface area (Å²) < 4.78 is 0. The van der Waals surface area contributed by atoms with Crippen LogP contribution in [0, 0.1) is 5.92 Å². The Balaban J connectivity index is 1.80. The Bertz CT molecular complexity index is 404. The largest absolute Gasteiger partial charge is 0.368 e. The molecule has 0 aliphatic heterocycles. The van der Waals surface area contributed by atoms with Gasteiger partial charge in [0.05, 0.1) is 5.75 Å². The molecule has 1 aliphatic rings. The van der Waals surface area contributed by atoms with Crippen LogP contribution in [0.3, 0.4) is 0 Å². The highest BCUT2D eigenvalue weighted by molar-refractivity contribution is 7.99. The van der Waals surface area contributed by atoms with Gasteiger partial charge in [-0.25, -0.2) is 5.10 Å². The second kappa shape index (κ2) is 6.08. The lowest BCUT2D eigenvalue weighted by Crippen LogP contribution is -2.34. The van der Waals surface area contributed by atoms with Crippen molar-refractivity contribution in [3.05, 3.63) is 0 Å². The van der Waals surface area contributed by atoms with Crippen molar-refractivity contribution < 1.29 is 4.79 Å². The number of anilines is 1. The molecule has 0 aromatic carbocycles. The maximum atomic E-state index is 12.1. The Hall–Kier alpha value is -1.24. The van der Waals surface area contributed by atoms with Crippen molar-refractivity contribution in [2.75, 3.05) is 24.6 Å². The lowest BCUT2D eigenvalue weighted by Gasteiger charge is -2.21. The molecule has 0 unspecified atom stereocenters. The number of thioether (sulfide) groups is 1. The normalized spacial score (nSPS) is 14.7. The molecule has 1 amide bonds. The van der Waals surface area contributed by atoms with Crippen LogP contribution in [0.5, 0.6) is 0 Å². The molecule has 3 N–H and O–H groups in total. The smallest absolute Gasteiger partial charge is 0.233 e. The third-order valence-corrected chi connectivity index (χ3v) is 3.66. The number of nitrogens with zero attached hydrogens (tertiary/aromatic N) is 3. The second-order valence-corrected chi connectivity index (χ2v) is 5.52. The highest BCUT2D eigenvalue weighted by Crippen LogP contribution is 2.30. The molecule has 1 heterocycles. The van der Waals surface area contributed by atoms with Gasteiger partial charge in [-0.05, 0) is 25.2 Å². The molecule has 6 nitrogen and oxygen atoms in total. The predicted molar refractivity (Wildman–Crippen MR) is 71.1 cm³/mol. The van der Waals surface area contributed by atoms with Crippen LogP contribution < -0.4 is 5.73 Å². The maximum Gasteiger partial charge on any atom is 0.233 e. The first-order valence-electron chi connectivity index (χ1n) is 6.27. The van der Waals surface area contributed by atoms with Crippen molar-refractivity contribution in [2.24, 2.45) is 5.92 Å². The van der Waals surface area contributed by atoms with Crippen LogP contribution in [-0.4, -0.2) is 44.8 Å². The molecule has 100 valence electrons. The third kappa shape index (κ3) is 3.90. The molecule has 2 rings (SSSR count). The van der Waals surface area contributed by atoms with E-state index in [1.807, 2.05) is 4.90 Å². The first-order valence-corrected chi connectivity index (χ1v) is 7.26. The highest BCUT2D eigenvalue weighted by atomic mass is 32.2. The topological polar surface area (TPSA) is 87.9 Å². The van der Waals surface area contributed by atoms with Crippen molar-refractivity contribution in [2.45, 2.75) is 31.3 Å². The summed E-state index contributed by atoms with van der Waals surface area (Å²) in [5, 5.41) is 6.99. The lowest BCUT2D eigenvalue weighted by atomic mass is 10.3. The quantitative estimate of drug-likeness (QED) is 0.724. The molecule has 0 saturated heterocycles. The summed E-state index contributed by atoms with van der Waals surface area (Å²) in [6.07, 6.45) is 3.52. The van der Waals surface area contributed by atoms with E-state index < -0.39 is 0 Å². The van der Waals surface area contributed by atoms with Crippen LogP contribution in [0.25, 0.3) is 0 Å². The first-order chi connectivity index (χ1) is 8.69. The van der Waals surface area contributed by atoms with Gasteiger partial charge in [0.2, 0.25) is 17.0 Å². The lowest BCUT2D eigenvalue weighted by molar-refractivity contribution is -0.128. The number of aromatic amines is 1. The van der Waals surface area contributed by atoms with Gasteiger partial charge < -0.3 is 10.6 Å². The van der Waals surface area contributed by atoms with Crippen molar-refractivity contribution in [3.63, 3.8) is 0 Å². The van der Waals surface area contributed by atoms with Gasteiger partial charge >= 0.3 is 0 Å². The fourth-order valence-electron chi connectivity index (χ4n) is 1.74. The van der Waals surface area contributed by atoms with Crippen LogP contribution in [0.2, 0.25) is 0 Å². The SMILES string of the molecule is CCCN(CC1CC1)C(=O)CSc1n[nH]c(N)n1. The first kappa shape index (κ1) is 13.2. The Morgan fingerprint density at radius 3 is 2.94 bits per heavy atom. The van der Waals surface area contributed by atoms with Crippen molar-refractivity contribution in [3.8, 4) is 0 Å². The molecule has 1 saturated carbocycles. The monoisotopic (exact) mass is 269 g/mol. The summed E-state index contributed by atoms with van der Waals surface area (Å²) in [7, 11) is 0. The molecule has 1 fully saturated rings. The molecule has 1 aliphatic carbocycles. The van der Waals surface area contributed by atoms with E-state index >= 15 is 0 Å². The predicted octanol–water partition coefficient (Wildman–Crippen LogP) is 1.13. The minimum absolute atomic E-state index is 0.164. The number of carbonyl (C=O) groups excluding carboxylic acids is 1. The van der Waals surface area contributed by atoms with E-state index in [9.17, 15) is 4.79 Å². The van der Waals surface area contributed by atoms with Gasteiger partial charge in [0.15, 0.2) is 0 Å². The van der Waals surface area contributed by atoms with Gasteiger partial charge in [0.25, 0.3) is 0 Å². The van der Waals surface area contributed by atoms with Crippen molar-refractivity contribution in [1.82, 2.24) is 20.1 Å². The van der Waals surface area contributed by atoms with Gasteiger partial charge in [0.1, 0.15) is 0 Å². The Labute approximate surface area is 111 Å². The summed E-state index contributed by atoms with van der Waals surface area (Å²) in [5.41, 5.74) is 5.43. The molecule has 0 bridgehead atoms. The van der Waals surface area contributed by atoms with E-state index in [4.69, 9.17) is 5.73 Å². The minimum atomic E-state index is 0.164. The van der Waals surface area contributed by atoms with E-state index in [1.165, 1.54) is 24.6 Å². The van der Waals surface area contributed by atoms with Crippen LogP contribution in [0.1, 0.15) is 26.2 Å². The number of rotatable bonds is 7. The molecule has 0 atom stereocenters. The Morgan fingerprint density at radius 1 is 1.61 bits per heavy atom. The number of nitrogens with two attached hydrogens (primary N) is 1. The van der Waals surface area contributed by atoms with Gasteiger partial charge in [-0.3, -0.25) is 4.79 Å². The number of aromatic nitrogens is 3. The maximum absolute atomic E-state index is 12.1. The fourth-order valence-corrected chi connectivity index (χ4v) is 2.45. The van der Waals surface area contributed by atoms with Crippen LogP contribution in [0.4, 0.5) is 5.95 Å². The van der Waals surface area contributed by atoms with Crippen LogP contribution in [-0.2, 0) is 4.79 Å². The molecule has 1 aromatic rings. The summed E-state index contributed by atoms with van der Waals surface area (Å²) >= 11 is 1.33. The molecule has 18 heavy (non-hydrogen) atoms. The molecule has 0 spiro atoms. The van der Waals surface area contributed by atoms with Gasteiger partial charge in [-0.2, -0.15) is 4.98 Å². The van der Waals surface area contributed by atoms with E-state index in [0.717, 1.165) is 25.4 Å². The number of amides is 1. The van der Waals surface area contributed by atoms with E-state index in [0.29, 0.717) is 10.9 Å². The third-order valence-electron chi connectivity index (χ3n) is 2.83. The Morgan fingerprint density at radius 2 is 2.39 bits per heavy atom. The zero-order valence-electron chi connectivity index (χ0n) is 10.6. The Kier molecular flexibility index (Phi) is 4.46. The van der Waals surface area contributed by atoms with E-state index in [1.54, 1.807) is 0 Å². The summed E-state index contributed by atoms with van der Waals surface area (Å²) in [6.45, 7) is 3.84. The number of carbonyl (C=O) groups is 1. The molecule has 7 heteroatoms. The van der Waals surface area contributed by atoms with Gasteiger partial charge in [-0.15, -0.1) is 5.10 Å². The number of H-pyrrole nitrogens is 1. The van der Waals surface area contributed by atoms with Gasteiger partial charge in [-0.1, -0.05) is 18.7 Å². The zero-order valence-corrected chi connectivity index (χ0v) is 11.4. The summed E-state index contributed by atoms with van der Waals surface area (Å²) in [5.74, 6) is 1.56. The number of nitrogen functional groups attached to an aromatic ring is 1.